The number of benzene rings is 2. The second-order valence-electron chi connectivity index (χ2n) is 6.43. The molecule has 158 valence electrons. The van der Waals surface area contributed by atoms with E-state index in [2.05, 4.69) is 34.5 Å². The number of nitrogens with one attached hydrogen (secondary N) is 1. The van der Waals surface area contributed by atoms with Gasteiger partial charge >= 0.3 is 0 Å². The van der Waals surface area contributed by atoms with Gasteiger partial charge in [-0.05, 0) is 64.1 Å². The Labute approximate surface area is 196 Å². The lowest BCUT2D eigenvalue weighted by Crippen LogP contribution is -2.53. The molecule has 0 unspecified atom stereocenters. The number of rotatable bonds is 7. The lowest BCUT2D eigenvalue weighted by atomic mass is 10.1. The van der Waals surface area contributed by atoms with E-state index in [0.29, 0.717) is 16.9 Å². The summed E-state index contributed by atoms with van der Waals surface area (Å²) in [5, 5.41) is 13.4. The predicted molar refractivity (Wildman–Crippen MR) is 127 cm³/mol. The summed E-state index contributed by atoms with van der Waals surface area (Å²) >= 11 is 7.12. The highest BCUT2D eigenvalue weighted by Crippen LogP contribution is 2.25. The third-order valence-corrected chi connectivity index (χ3v) is 5.45. The van der Waals surface area contributed by atoms with Crippen LogP contribution in [0, 0.1) is 13.7 Å². The van der Waals surface area contributed by atoms with Crippen molar-refractivity contribution in [3.05, 3.63) is 85.5 Å². The first-order valence-corrected chi connectivity index (χ1v) is 10.4. The minimum atomic E-state index is -0.559. The summed E-state index contributed by atoms with van der Waals surface area (Å²) in [7, 11) is 0. The SMILES string of the molecule is C=CCN1C(=O)/C(=C/c2ccc(OCc3cccc([N+](=O)[O-])c3)c(I)c2)C(=O)NC1=S. The van der Waals surface area contributed by atoms with Gasteiger partial charge in [0.05, 0.1) is 8.49 Å². The van der Waals surface area contributed by atoms with Gasteiger partial charge in [-0.3, -0.25) is 29.9 Å². The van der Waals surface area contributed by atoms with Crippen molar-refractivity contribution in [2.45, 2.75) is 6.61 Å². The van der Waals surface area contributed by atoms with E-state index >= 15 is 0 Å². The Balaban J connectivity index is 1.77. The van der Waals surface area contributed by atoms with Crippen molar-refractivity contribution < 1.29 is 19.2 Å². The topological polar surface area (TPSA) is 102 Å². The van der Waals surface area contributed by atoms with Gasteiger partial charge in [0, 0.05) is 18.7 Å². The van der Waals surface area contributed by atoms with E-state index in [4.69, 9.17) is 17.0 Å². The number of nitro groups is 1. The molecule has 0 bridgehead atoms. The molecule has 1 aliphatic rings. The molecular formula is C21H16IN3O5S. The molecule has 3 rings (SSSR count). The molecule has 0 aliphatic carbocycles. The Morgan fingerprint density at radius 2 is 2.03 bits per heavy atom. The van der Waals surface area contributed by atoms with Gasteiger partial charge < -0.3 is 4.74 Å². The summed E-state index contributed by atoms with van der Waals surface area (Å²) in [6.45, 7) is 3.94. The highest BCUT2D eigenvalue weighted by atomic mass is 127. The molecule has 1 saturated heterocycles. The Hall–Kier alpha value is -3.12. The molecule has 2 amide bonds. The van der Waals surface area contributed by atoms with Gasteiger partial charge in [0.25, 0.3) is 17.5 Å². The maximum absolute atomic E-state index is 12.6. The second-order valence-corrected chi connectivity index (χ2v) is 7.98. The van der Waals surface area contributed by atoms with Crippen LogP contribution in [0.3, 0.4) is 0 Å². The zero-order valence-electron chi connectivity index (χ0n) is 16.0. The minimum absolute atomic E-state index is 0.00169. The predicted octanol–water partition coefficient (Wildman–Crippen LogP) is 3.59. The average Bonchev–Trinajstić information content (AvgIpc) is 2.73. The molecule has 0 atom stereocenters. The molecule has 0 aromatic heterocycles. The van der Waals surface area contributed by atoms with E-state index in [1.807, 2.05) is 0 Å². The number of nitrogens with zero attached hydrogens (tertiary/aromatic N) is 2. The Morgan fingerprint density at radius 3 is 2.71 bits per heavy atom. The first-order chi connectivity index (χ1) is 14.8. The number of thiocarbonyl (C=S) groups is 1. The smallest absolute Gasteiger partial charge is 0.269 e. The fourth-order valence-electron chi connectivity index (χ4n) is 2.80. The molecule has 0 spiro atoms. The van der Waals surface area contributed by atoms with E-state index in [1.54, 1.807) is 30.3 Å². The summed E-state index contributed by atoms with van der Waals surface area (Å²) in [6.07, 6.45) is 3.01. The van der Waals surface area contributed by atoms with Crippen LogP contribution in [0.1, 0.15) is 11.1 Å². The molecule has 0 radical (unpaired) electrons. The number of hydrogen-bond donors (Lipinski definition) is 1. The first kappa shape index (κ1) is 22.6. The second kappa shape index (κ2) is 9.79. The van der Waals surface area contributed by atoms with Crippen LogP contribution in [-0.2, 0) is 16.2 Å². The Morgan fingerprint density at radius 1 is 1.26 bits per heavy atom. The highest BCUT2D eigenvalue weighted by molar-refractivity contribution is 14.1. The summed E-state index contributed by atoms with van der Waals surface area (Å²) in [5.41, 5.74) is 1.27. The van der Waals surface area contributed by atoms with Gasteiger partial charge in [-0.25, -0.2) is 0 Å². The van der Waals surface area contributed by atoms with E-state index < -0.39 is 16.7 Å². The third-order valence-electron chi connectivity index (χ3n) is 4.28. The number of hydrogen-bond acceptors (Lipinski definition) is 6. The molecule has 2 aromatic carbocycles. The van der Waals surface area contributed by atoms with E-state index in [1.165, 1.54) is 29.2 Å². The summed E-state index contributed by atoms with van der Waals surface area (Å²) in [4.78, 5) is 36.6. The lowest BCUT2D eigenvalue weighted by molar-refractivity contribution is -0.384. The maximum atomic E-state index is 12.6. The summed E-state index contributed by atoms with van der Waals surface area (Å²) < 4.78 is 6.52. The maximum Gasteiger partial charge on any atom is 0.269 e. The van der Waals surface area contributed by atoms with Crippen molar-refractivity contribution in [1.82, 2.24) is 10.2 Å². The molecule has 0 saturated carbocycles. The standard InChI is InChI=1S/C21H16IN3O5S/c1-2-8-24-20(27)16(19(26)23-21(24)31)10-13-6-7-18(17(22)11-13)30-12-14-4-3-5-15(9-14)25(28)29/h2-7,9-11H,1,8,12H2,(H,23,26,31)/b16-10+. The van der Waals surface area contributed by atoms with E-state index in [0.717, 1.165) is 3.57 Å². The number of non-ortho nitro benzene ring substituents is 1. The van der Waals surface area contributed by atoms with Gasteiger partial charge in [0.1, 0.15) is 17.9 Å². The molecule has 2 aromatic rings. The summed E-state index contributed by atoms with van der Waals surface area (Å²) in [6, 6.07) is 11.4. The van der Waals surface area contributed by atoms with Crippen LogP contribution >= 0.6 is 34.8 Å². The van der Waals surface area contributed by atoms with Crippen molar-refractivity contribution in [3.8, 4) is 5.75 Å². The van der Waals surface area contributed by atoms with E-state index in [-0.39, 0.29) is 29.5 Å². The van der Waals surface area contributed by atoms with Crippen molar-refractivity contribution in [2.75, 3.05) is 6.54 Å². The molecule has 1 fully saturated rings. The van der Waals surface area contributed by atoms with Crippen LogP contribution in [0.25, 0.3) is 6.08 Å². The van der Waals surface area contributed by atoms with Gasteiger partial charge in [-0.2, -0.15) is 0 Å². The number of nitro benzene ring substituents is 1. The third kappa shape index (κ3) is 5.33. The normalized spacial score (nSPS) is 15.1. The fraction of sp³-hybridized carbons (Fsp3) is 0.0952. The molecule has 31 heavy (non-hydrogen) atoms. The van der Waals surface area contributed by atoms with Crippen molar-refractivity contribution in [3.63, 3.8) is 0 Å². The number of halogens is 1. The van der Waals surface area contributed by atoms with Crippen LogP contribution in [0.5, 0.6) is 5.75 Å². The minimum Gasteiger partial charge on any atom is -0.488 e. The molecule has 1 aliphatic heterocycles. The van der Waals surface area contributed by atoms with Crippen molar-refractivity contribution in [2.24, 2.45) is 0 Å². The highest BCUT2D eigenvalue weighted by Gasteiger charge is 2.32. The number of amides is 2. The van der Waals surface area contributed by atoms with Gasteiger partial charge in [-0.1, -0.05) is 24.3 Å². The number of carbonyl (C=O) groups excluding carboxylic acids is 2. The van der Waals surface area contributed by atoms with Crippen LogP contribution in [-0.4, -0.2) is 33.3 Å². The summed E-state index contributed by atoms with van der Waals surface area (Å²) in [5.74, 6) is -0.478. The Kier molecular flexibility index (Phi) is 7.13. The first-order valence-electron chi connectivity index (χ1n) is 8.95. The largest absolute Gasteiger partial charge is 0.488 e. The molecule has 1 heterocycles. The van der Waals surface area contributed by atoms with Crippen molar-refractivity contribution >= 4 is 63.5 Å². The number of ether oxygens (including phenoxy) is 1. The van der Waals surface area contributed by atoms with Crippen LogP contribution in [0.4, 0.5) is 5.69 Å². The fourth-order valence-corrected chi connectivity index (χ4v) is 3.75. The van der Waals surface area contributed by atoms with Gasteiger partial charge in [-0.15, -0.1) is 6.58 Å². The zero-order chi connectivity index (χ0) is 22.5. The average molecular weight is 549 g/mol. The van der Waals surface area contributed by atoms with E-state index in [9.17, 15) is 19.7 Å². The monoisotopic (exact) mass is 549 g/mol. The lowest BCUT2D eigenvalue weighted by Gasteiger charge is -2.27. The van der Waals surface area contributed by atoms with Crippen LogP contribution in [0.2, 0.25) is 0 Å². The van der Waals surface area contributed by atoms with Crippen LogP contribution < -0.4 is 10.1 Å². The Bertz CT molecular complexity index is 1130. The van der Waals surface area contributed by atoms with Crippen LogP contribution in [0.15, 0.2) is 60.7 Å². The molecule has 8 nitrogen and oxygen atoms in total. The zero-order valence-corrected chi connectivity index (χ0v) is 19.0. The molecule has 1 N–H and O–H groups in total. The molecular weight excluding hydrogens is 533 g/mol. The van der Waals surface area contributed by atoms with Gasteiger partial charge in [0.15, 0.2) is 5.11 Å². The quantitative estimate of drug-likeness (QED) is 0.108. The van der Waals surface area contributed by atoms with Crippen molar-refractivity contribution in [1.29, 1.82) is 0 Å². The number of carbonyl (C=O) groups is 2. The van der Waals surface area contributed by atoms with Gasteiger partial charge in [0.2, 0.25) is 0 Å². The molecule has 10 heteroatoms.